The molecule has 0 saturated heterocycles. The van der Waals surface area contributed by atoms with Crippen LogP contribution in [-0.4, -0.2) is 30.7 Å². The number of benzene rings is 1. The maximum Gasteiger partial charge on any atom is 0.161 e. The number of aryl methyl sites for hydroxylation is 3. The summed E-state index contributed by atoms with van der Waals surface area (Å²) in [6, 6.07) is 10.6. The number of hydrogen-bond donors (Lipinski definition) is 1. The van der Waals surface area contributed by atoms with Gasteiger partial charge < -0.3 is 14.8 Å². The molecule has 3 heterocycles. The summed E-state index contributed by atoms with van der Waals surface area (Å²) in [6.07, 6.45) is 6.34. The third-order valence-electron chi connectivity index (χ3n) is 5.90. The van der Waals surface area contributed by atoms with E-state index in [1.54, 1.807) is 25.6 Å². The molecule has 0 radical (unpaired) electrons. The molecular weight excluding hydrogens is 406 g/mol. The lowest BCUT2D eigenvalue weighted by Gasteiger charge is -2.17. The van der Waals surface area contributed by atoms with Gasteiger partial charge in [-0.1, -0.05) is 19.1 Å². The van der Waals surface area contributed by atoms with Crippen LogP contribution in [0.2, 0.25) is 0 Å². The van der Waals surface area contributed by atoms with E-state index in [9.17, 15) is 0 Å². The molecule has 4 rings (SSSR count). The fourth-order valence-electron chi connectivity index (χ4n) is 4.18. The zero-order valence-corrected chi connectivity index (χ0v) is 19.4. The SMILES string of the molecule is CCC(c1ccc(OC)c(OC)c1)c1nc(CCCc2ccc3c(n2)NCCC3)cs1. The van der Waals surface area contributed by atoms with E-state index in [-0.39, 0.29) is 5.92 Å². The van der Waals surface area contributed by atoms with Crippen LogP contribution in [0.5, 0.6) is 11.5 Å². The Balaban J connectivity index is 1.39. The Labute approximate surface area is 188 Å². The van der Waals surface area contributed by atoms with Crippen LogP contribution < -0.4 is 14.8 Å². The number of anilines is 1. The molecule has 1 aromatic carbocycles. The van der Waals surface area contributed by atoms with Crippen LogP contribution in [0.1, 0.15) is 59.6 Å². The molecule has 0 spiro atoms. The third-order valence-corrected chi connectivity index (χ3v) is 6.91. The fourth-order valence-corrected chi connectivity index (χ4v) is 5.24. The fraction of sp³-hybridized carbons (Fsp3) is 0.440. The highest BCUT2D eigenvalue weighted by Crippen LogP contribution is 2.36. The maximum absolute atomic E-state index is 5.49. The van der Waals surface area contributed by atoms with Crippen molar-refractivity contribution in [3.05, 3.63) is 63.2 Å². The molecule has 31 heavy (non-hydrogen) atoms. The monoisotopic (exact) mass is 437 g/mol. The molecule has 2 aromatic heterocycles. The van der Waals surface area contributed by atoms with Crippen LogP contribution in [0.4, 0.5) is 5.82 Å². The first-order chi connectivity index (χ1) is 15.2. The molecule has 6 heteroatoms. The highest BCUT2D eigenvalue weighted by atomic mass is 32.1. The number of nitrogens with zero attached hydrogens (tertiary/aromatic N) is 2. The van der Waals surface area contributed by atoms with Gasteiger partial charge in [-0.15, -0.1) is 11.3 Å². The second kappa shape index (κ2) is 10.1. The molecule has 0 aliphatic carbocycles. The predicted molar refractivity (Wildman–Crippen MR) is 127 cm³/mol. The minimum Gasteiger partial charge on any atom is -0.493 e. The molecule has 1 unspecified atom stereocenters. The molecule has 1 atom stereocenters. The number of hydrogen-bond acceptors (Lipinski definition) is 6. The smallest absolute Gasteiger partial charge is 0.161 e. The first-order valence-corrected chi connectivity index (χ1v) is 12.0. The Kier molecular flexibility index (Phi) is 7.07. The van der Waals surface area contributed by atoms with Crippen LogP contribution in [-0.2, 0) is 19.3 Å². The Bertz CT molecular complexity index is 1020. The van der Waals surface area contributed by atoms with Crippen molar-refractivity contribution in [3.8, 4) is 11.5 Å². The number of aromatic nitrogens is 2. The number of pyridine rings is 1. The van der Waals surface area contributed by atoms with Gasteiger partial charge >= 0.3 is 0 Å². The van der Waals surface area contributed by atoms with Crippen LogP contribution in [0, 0.1) is 0 Å². The molecule has 1 aliphatic heterocycles. The van der Waals surface area contributed by atoms with Crippen molar-refractivity contribution < 1.29 is 9.47 Å². The zero-order valence-electron chi connectivity index (χ0n) is 18.6. The first-order valence-electron chi connectivity index (χ1n) is 11.1. The van der Waals surface area contributed by atoms with Gasteiger partial charge in [-0.3, -0.25) is 0 Å². The molecule has 5 nitrogen and oxygen atoms in total. The normalized spacial score (nSPS) is 13.9. The highest BCUT2D eigenvalue weighted by molar-refractivity contribution is 7.09. The zero-order chi connectivity index (χ0) is 21.6. The van der Waals surface area contributed by atoms with Gasteiger partial charge in [-0.2, -0.15) is 0 Å². The lowest BCUT2D eigenvalue weighted by Crippen LogP contribution is -2.14. The van der Waals surface area contributed by atoms with Crippen LogP contribution >= 0.6 is 11.3 Å². The number of nitrogens with one attached hydrogen (secondary N) is 1. The van der Waals surface area contributed by atoms with E-state index >= 15 is 0 Å². The predicted octanol–water partition coefficient (Wildman–Crippen LogP) is 5.63. The van der Waals surface area contributed by atoms with Gasteiger partial charge in [0.1, 0.15) is 10.8 Å². The maximum atomic E-state index is 5.49. The molecule has 3 aromatic rings. The number of ether oxygens (including phenoxy) is 2. The Morgan fingerprint density at radius 1 is 1.03 bits per heavy atom. The first kappa shape index (κ1) is 21.6. The summed E-state index contributed by atoms with van der Waals surface area (Å²) in [4.78, 5) is 9.78. The highest BCUT2D eigenvalue weighted by Gasteiger charge is 2.18. The van der Waals surface area contributed by atoms with Gasteiger partial charge in [0, 0.05) is 23.5 Å². The molecule has 1 N–H and O–H groups in total. The Hall–Kier alpha value is -2.60. The molecule has 0 bridgehead atoms. The van der Waals surface area contributed by atoms with E-state index < -0.39 is 0 Å². The number of fused-ring (bicyclic) bond motifs is 1. The standard InChI is InChI=1S/C25H31N3O2S/c1-4-21(18-11-13-22(29-2)23(15-18)30-3)25-28-20(16-31-25)9-5-8-19-12-10-17-7-6-14-26-24(17)27-19/h10-13,15-16,21H,4-9,14H2,1-3H3,(H,26,27). The molecule has 0 amide bonds. The average molecular weight is 438 g/mol. The van der Waals surface area contributed by atoms with Gasteiger partial charge in [0.2, 0.25) is 0 Å². The summed E-state index contributed by atoms with van der Waals surface area (Å²) in [5.41, 5.74) is 4.90. The minimum atomic E-state index is 0.270. The molecule has 164 valence electrons. The van der Waals surface area contributed by atoms with Crippen molar-refractivity contribution in [2.75, 3.05) is 26.1 Å². The largest absolute Gasteiger partial charge is 0.493 e. The third kappa shape index (κ3) is 5.01. The van der Waals surface area contributed by atoms with Gasteiger partial charge in [0.05, 0.1) is 19.9 Å². The molecule has 0 fully saturated rings. The van der Waals surface area contributed by atoms with E-state index in [2.05, 4.69) is 41.9 Å². The van der Waals surface area contributed by atoms with E-state index in [1.807, 2.05) is 6.07 Å². The van der Waals surface area contributed by atoms with E-state index in [0.717, 1.165) is 56.0 Å². The number of rotatable bonds is 9. The summed E-state index contributed by atoms with van der Waals surface area (Å²) in [5.74, 6) is 2.88. The Morgan fingerprint density at radius 3 is 2.68 bits per heavy atom. The summed E-state index contributed by atoms with van der Waals surface area (Å²) >= 11 is 1.76. The summed E-state index contributed by atoms with van der Waals surface area (Å²) < 4.78 is 10.9. The van der Waals surface area contributed by atoms with Gasteiger partial charge in [-0.05, 0) is 67.9 Å². The molecule has 0 saturated carbocycles. The topological polar surface area (TPSA) is 56.3 Å². The second-order valence-corrected chi connectivity index (χ2v) is 8.84. The number of methoxy groups -OCH3 is 2. The van der Waals surface area contributed by atoms with Crippen molar-refractivity contribution in [2.45, 2.75) is 51.4 Å². The average Bonchev–Trinajstić information content (AvgIpc) is 3.27. The quantitative estimate of drug-likeness (QED) is 0.470. The van der Waals surface area contributed by atoms with Crippen LogP contribution in [0.3, 0.4) is 0 Å². The lowest BCUT2D eigenvalue weighted by atomic mass is 9.96. The van der Waals surface area contributed by atoms with Gasteiger partial charge in [0.15, 0.2) is 11.5 Å². The van der Waals surface area contributed by atoms with Crippen LogP contribution in [0.25, 0.3) is 0 Å². The number of thiazole rings is 1. The second-order valence-electron chi connectivity index (χ2n) is 7.95. The lowest BCUT2D eigenvalue weighted by molar-refractivity contribution is 0.354. The summed E-state index contributed by atoms with van der Waals surface area (Å²) in [5, 5.41) is 6.80. The summed E-state index contributed by atoms with van der Waals surface area (Å²) in [6.45, 7) is 3.24. The minimum absolute atomic E-state index is 0.270. The Morgan fingerprint density at radius 2 is 1.87 bits per heavy atom. The van der Waals surface area contributed by atoms with E-state index in [0.29, 0.717) is 0 Å². The van der Waals surface area contributed by atoms with Crippen molar-refractivity contribution in [1.82, 2.24) is 9.97 Å². The molecular formula is C25H31N3O2S. The van der Waals surface area contributed by atoms with Gasteiger partial charge in [-0.25, -0.2) is 9.97 Å². The van der Waals surface area contributed by atoms with Crippen LogP contribution in [0.15, 0.2) is 35.7 Å². The summed E-state index contributed by atoms with van der Waals surface area (Å²) in [7, 11) is 3.34. The van der Waals surface area contributed by atoms with Gasteiger partial charge in [0.25, 0.3) is 0 Å². The van der Waals surface area contributed by atoms with E-state index in [4.69, 9.17) is 19.4 Å². The van der Waals surface area contributed by atoms with Crippen molar-refractivity contribution >= 4 is 17.2 Å². The van der Waals surface area contributed by atoms with Crippen molar-refractivity contribution in [3.63, 3.8) is 0 Å². The van der Waals surface area contributed by atoms with Crippen molar-refractivity contribution in [1.29, 1.82) is 0 Å². The van der Waals surface area contributed by atoms with Crippen molar-refractivity contribution in [2.24, 2.45) is 0 Å². The molecule has 1 aliphatic rings. The van der Waals surface area contributed by atoms with E-state index in [1.165, 1.54) is 33.9 Å².